The van der Waals surface area contributed by atoms with Crippen LogP contribution in [0.5, 0.6) is 11.5 Å². The minimum absolute atomic E-state index is 0.0168. The van der Waals surface area contributed by atoms with Gasteiger partial charge in [-0.25, -0.2) is 8.42 Å². The van der Waals surface area contributed by atoms with Crippen molar-refractivity contribution in [1.82, 2.24) is 10.2 Å². The maximum absolute atomic E-state index is 14.0. The molecule has 0 fully saturated rings. The van der Waals surface area contributed by atoms with Crippen molar-refractivity contribution in [2.45, 2.75) is 58.2 Å². The summed E-state index contributed by atoms with van der Waals surface area (Å²) in [5, 5.41) is 3.54. The predicted octanol–water partition coefficient (Wildman–Crippen LogP) is 5.17. The van der Waals surface area contributed by atoms with Crippen LogP contribution in [0.2, 0.25) is 5.02 Å². The van der Waals surface area contributed by atoms with E-state index in [1.807, 2.05) is 62.4 Å². The Bertz CT molecular complexity index is 1520. The second-order valence-corrected chi connectivity index (χ2v) is 12.9. The van der Waals surface area contributed by atoms with E-state index in [0.29, 0.717) is 34.2 Å². The molecule has 11 heteroatoms. The normalized spacial score (nSPS) is 13.7. The van der Waals surface area contributed by atoms with Crippen molar-refractivity contribution < 1.29 is 27.5 Å². The quantitative estimate of drug-likeness (QED) is 0.264. The fourth-order valence-electron chi connectivity index (χ4n) is 4.85. The summed E-state index contributed by atoms with van der Waals surface area (Å²) in [4.78, 5) is 29.2. The highest BCUT2D eigenvalue weighted by atomic mass is 35.5. The van der Waals surface area contributed by atoms with Gasteiger partial charge >= 0.3 is 0 Å². The lowest BCUT2D eigenvalue weighted by atomic mass is 10.0. The number of nitrogens with zero attached hydrogens (tertiary/aromatic N) is 2. The molecule has 0 radical (unpaired) electrons. The highest BCUT2D eigenvalue weighted by molar-refractivity contribution is 7.92. The van der Waals surface area contributed by atoms with Gasteiger partial charge in [0.2, 0.25) is 28.6 Å². The third-order valence-electron chi connectivity index (χ3n) is 7.37. The summed E-state index contributed by atoms with van der Waals surface area (Å²) in [6, 6.07) is 20.8. The molecule has 1 aliphatic rings. The van der Waals surface area contributed by atoms with Gasteiger partial charge in [-0.2, -0.15) is 0 Å². The predicted molar refractivity (Wildman–Crippen MR) is 168 cm³/mol. The monoisotopic (exact) mass is 627 g/mol. The van der Waals surface area contributed by atoms with E-state index in [1.165, 1.54) is 4.31 Å². The first-order valence-electron chi connectivity index (χ1n) is 14.3. The van der Waals surface area contributed by atoms with Crippen molar-refractivity contribution in [3.63, 3.8) is 0 Å². The molecule has 0 bridgehead atoms. The van der Waals surface area contributed by atoms with E-state index < -0.39 is 16.1 Å². The van der Waals surface area contributed by atoms with Gasteiger partial charge in [-0.3, -0.25) is 13.9 Å². The van der Waals surface area contributed by atoms with Crippen LogP contribution in [0.4, 0.5) is 5.69 Å². The molecule has 230 valence electrons. The number of rotatable bonds is 14. The minimum Gasteiger partial charge on any atom is -0.454 e. The number of carbonyl (C=O) groups is 2. The first kappa shape index (κ1) is 32.2. The topological polar surface area (TPSA) is 105 Å². The molecule has 2 amide bonds. The third kappa shape index (κ3) is 8.64. The maximum atomic E-state index is 14.0. The van der Waals surface area contributed by atoms with Crippen LogP contribution in [-0.2, 0) is 32.6 Å². The zero-order chi connectivity index (χ0) is 31.0. The summed E-state index contributed by atoms with van der Waals surface area (Å²) in [5.74, 6) is 0.475. The average Bonchev–Trinajstić information content (AvgIpc) is 3.45. The number of nitrogens with one attached hydrogen (secondary N) is 1. The zero-order valence-electron chi connectivity index (χ0n) is 24.7. The number of hydrogen-bond acceptors (Lipinski definition) is 6. The first-order valence-corrected chi connectivity index (χ1v) is 16.5. The molecule has 0 unspecified atom stereocenters. The van der Waals surface area contributed by atoms with E-state index in [1.54, 1.807) is 29.2 Å². The molecular weight excluding hydrogens is 590 g/mol. The maximum Gasteiger partial charge on any atom is 0.243 e. The van der Waals surface area contributed by atoms with Crippen LogP contribution in [0.1, 0.15) is 44.2 Å². The second-order valence-electron chi connectivity index (χ2n) is 10.6. The number of benzene rings is 3. The molecule has 0 aromatic heterocycles. The molecule has 0 aliphatic carbocycles. The second kappa shape index (κ2) is 14.6. The Balaban J connectivity index is 1.59. The van der Waals surface area contributed by atoms with E-state index >= 15 is 0 Å². The molecule has 0 spiro atoms. The van der Waals surface area contributed by atoms with E-state index in [9.17, 15) is 18.0 Å². The standard InChI is InChI=1S/C32H38ClN3O6S/c1-4-23(2)34-32(38)28(19-24-11-6-5-7-12-24)35(21-25-13-8-9-14-27(25)33)31(37)15-10-18-36(43(3,39)40)26-16-17-29-30(20-26)42-22-41-29/h5-9,11-14,16-17,20,23,28H,4,10,15,18-19,21-22H2,1-3H3,(H,34,38)/t23-,28+/m1/s1. The van der Waals surface area contributed by atoms with Crippen LogP contribution in [-0.4, -0.2) is 56.8 Å². The lowest BCUT2D eigenvalue weighted by Crippen LogP contribution is -2.52. The number of amides is 2. The molecule has 1 heterocycles. The number of sulfonamides is 1. The van der Waals surface area contributed by atoms with Crippen molar-refractivity contribution >= 4 is 39.1 Å². The van der Waals surface area contributed by atoms with E-state index in [-0.39, 0.29) is 50.6 Å². The Morgan fingerprint density at radius 1 is 1.00 bits per heavy atom. The van der Waals surface area contributed by atoms with Crippen LogP contribution in [0.15, 0.2) is 72.8 Å². The third-order valence-corrected chi connectivity index (χ3v) is 8.93. The Kier molecular flexibility index (Phi) is 10.9. The van der Waals surface area contributed by atoms with Gasteiger partial charge in [-0.05, 0) is 49.1 Å². The smallest absolute Gasteiger partial charge is 0.243 e. The Hall–Kier alpha value is -3.76. The van der Waals surface area contributed by atoms with Gasteiger partial charge in [0.15, 0.2) is 11.5 Å². The van der Waals surface area contributed by atoms with Gasteiger partial charge in [0, 0.05) is 43.1 Å². The summed E-state index contributed by atoms with van der Waals surface area (Å²) >= 11 is 6.50. The van der Waals surface area contributed by atoms with Crippen molar-refractivity contribution in [2.24, 2.45) is 0 Å². The van der Waals surface area contributed by atoms with Gasteiger partial charge in [0.25, 0.3) is 0 Å². The fraction of sp³-hybridized carbons (Fsp3) is 0.375. The molecule has 2 atom stereocenters. The number of anilines is 1. The SMILES string of the molecule is CC[C@@H](C)NC(=O)[C@H](Cc1ccccc1)N(Cc1ccccc1Cl)C(=O)CCCN(c1ccc2c(c1)OCO2)S(C)(=O)=O. The van der Waals surface area contributed by atoms with Crippen LogP contribution in [0, 0.1) is 0 Å². The van der Waals surface area contributed by atoms with Crippen molar-refractivity contribution in [3.05, 3.63) is 88.9 Å². The van der Waals surface area contributed by atoms with Crippen LogP contribution in [0.3, 0.4) is 0 Å². The zero-order valence-corrected chi connectivity index (χ0v) is 26.2. The number of fused-ring (bicyclic) bond motifs is 1. The largest absolute Gasteiger partial charge is 0.454 e. The molecule has 4 rings (SSSR count). The fourth-order valence-corrected chi connectivity index (χ4v) is 6.00. The van der Waals surface area contributed by atoms with Gasteiger partial charge in [0.1, 0.15) is 6.04 Å². The summed E-state index contributed by atoms with van der Waals surface area (Å²) in [6.45, 7) is 4.17. The molecular formula is C32H38ClN3O6S. The van der Waals surface area contributed by atoms with E-state index in [4.69, 9.17) is 21.1 Å². The summed E-state index contributed by atoms with van der Waals surface area (Å²) in [6.07, 6.45) is 2.42. The average molecular weight is 628 g/mol. The number of ether oxygens (including phenoxy) is 2. The molecule has 43 heavy (non-hydrogen) atoms. The molecule has 3 aromatic carbocycles. The van der Waals surface area contributed by atoms with Gasteiger partial charge in [-0.1, -0.05) is 67.1 Å². The highest BCUT2D eigenvalue weighted by Crippen LogP contribution is 2.36. The highest BCUT2D eigenvalue weighted by Gasteiger charge is 2.31. The minimum atomic E-state index is -3.66. The lowest BCUT2D eigenvalue weighted by Gasteiger charge is -2.33. The number of carbonyl (C=O) groups excluding carboxylic acids is 2. The Morgan fingerprint density at radius 3 is 2.40 bits per heavy atom. The van der Waals surface area contributed by atoms with Gasteiger partial charge < -0.3 is 19.7 Å². The van der Waals surface area contributed by atoms with E-state index in [0.717, 1.165) is 18.2 Å². The molecule has 3 aromatic rings. The first-order chi connectivity index (χ1) is 20.6. The molecule has 1 aliphatic heterocycles. The van der Waals surface area contributed by atoms with Crippen LogP contribution >= 0.6 is 11.6 Å². The van der Waals surface area contributed by atoms with Crippen LogP contribution in [0.25, 0.3) is 0 Å². The molecule has 0 saturated carbocycles. The summed E-state index contributed by atoms with van der Waals surface area (Å²) in [5.41, 5.74) is 2.04. The Morgan fingerprint density at radius 2 is 1.70 bits per heavy atom. The summed E-state index contributed by atoms with van der Waals surface area (Å²) < 4.78 is 37.5. The molecule has 0 saturated heterocycles. The molecule has 1 N–H and O–H groups in total. The van der Waals surface area contributed by atoms with Gasteiger partial charge in [-0.15, -0.1) is 0 Å². The number of hydrogen-bond donors (Lipinski definition) is 1. The van der Waals surface area contributed by atoms with Crippen molar-refractivity contribution in [2.75, 3.05) is 23.9 Å². The van der Waals surface area contributed by atoms with Crippen LogP contribution < -0.4 is 19.1 Å². The summed E-state index contributed by atoms with van der Waals surface area (Å²) in [7, 11) is -3.66. The van der Waals surface area contributed by atoms with Crippen molar-refractivity contribution in [3.8, 4) is 11.5 Å². The van der Waals surface area contributed by atoms with Gasteiger partial charge in [0.05, 0.1) is 11.9 Å². The van der Waals surface area contributed by atoms with E-state index in [2.05, 4.69) is 5.32 Å². The Labute approximate surface area is 258 Å². The lowest BCUT2D eigenvalue weighted by molar-refractivity contribution is -0.141. The number of halogens is 1. The van der Waals surface area contributed by atoms with Crippen molar-refractivity contribution in [1.29, 1.82) is 0 Å². The molecule has 9 nitrogen and oxygen atoms in total.